The number of alkyl halides is 3. The number of nitriles is 1. The first-order valence-corrected chi connectivity index (χ1v) is 4.15. The van der Waals surface area contributed by atoms with Gasteiger partial charge in [0.2, 0.25) is 0 Å². The zero-order valence-corrected chi connectivity index (χ0v) is 8.17. The van der Waals surface area contributed by atoms with Gasteiger partial charge in [-0.25, -0.2) is 4.98 Å². The minimum atomic E-state index is -4.93. The van der Waals surface area contributed by atoms with E-state index in [1.54, 1.807) is 6.07 Å². The number of hydrogen-bond donors (Lipinski definition) is 1. The van der Waals surface area contributed by atoms with E-state index in [2.05, 4.69) is 9.72 Å². The average molecular weight is 232 g/mol. The Balaban J connectivity index is 3.10. The molecule has 1 aromatic rings. The van der Waals surface area contributed by atoms with Crippen molar-refractivity contribution in [2.75, 3.05) is 0 Å². The zero-order chi connectivity index (χ0) is 12.3. The van der Waals surface area contributed by atoms with Crippen molar-refractivity contribution in [2.24, 2.45) is 0 Å². The monoisotopic (exact) mass is 232 g/mol. The largest absolute Gasteiger partial charge is 0.574 e. The predicted octanol–water partition coefficient (Wildman–Crippen LogP) is 2.06. The molecule has 0 aliphatic heterocycles. The molecule has 0 saturated heterocycles. The molecule has 0 aromatic carbocycles. The van der Waals surface area contributed by atoms with E-state index < -0.39 is 18.0 Å². The molecule has 0 atom stereocenters. The summed E-state index contributed by atoms with van der Waals surface area (Å²) in [4.78, 5) is 3.43. The van der Waals surface area contributed by atoms with Crippen LogP contribution in [0.4, 0.5) is 13.2 Å². The van der Waals surface area contributed by atoms with Crippen molar-refractivity contribution in [3.8, 4) is 17.7 Å². The Morgan fingerprint density at radius 1 is 1.56 bits per heavy atom. The first-order chi connectivity index (χ1) is 7.33. The van der Waals surface area contributed by atoms with E-state index in [1.807, 2.05) is 0 Å². The maximum Gasteiger partial charge on any atom is 0.574 e. The Labute approximate surface area is 88.9 Å². The maximum absolute atomic E-state index is 11.9. The highest BCUT2D eigenvalue weighted by molar-refractivity contribution is 5.39. The standard InChI is InChI=1S/C9H7F3N2O2/c1-5-4-7(15)8(16-9(10,11)12)14-6(5)2-3-13/h4,15H,2H2,1H3. The van der Waals surface area contributed by atoms with Crippen molar-refractivity contribution in [3.05, 3.63) is 17.3 Å². The molecule has 0 unspecified atom stereocenters. The van der Waals surface area contributed by atoms with E-state index in [1.165, 1.54) is 6.92 Å². The molecule has 0 amide bonds. The zero-order valence-electron chi connectivity index (χ0n) is 8.17. The maximum atomic E-state index is 11.9. The van der Waals surface area contributed by atoms with E-state index >= 15 is 0 Å². The number of hydrogen-bond acceptors (Lipinski definition) is 4. The summed E-state index contributed by atoms with van der Waals surface area (Å²) in [6.45, 7) is 1.52. The third kappa shape index (κ3) is 3.02. The molecule has 0 aliphatic carbocycles. The molecule has 0 radical (unpaired) electrons. The minimum absolute atomic E-state index is 0.138. The molecule has 1 N–H and O–H groups in total. The summed E-state index contributed by atoms with van der Waals surface area (Å²) in [5.74, 6) is -1.65. The SMILES string of the molecule is Cc1cc(O)c(OC(F)(F)F)nc1CC#N. The van der Waals surface area contributed by atoms with Gasteiger partial charge in [-0.1, -0.05) is 0 Å². The smallest absolute Gasteiger partial charge is 0.503 e. The van der Waals surface area contributed by atoms with Crippen LogP contribution in [-0.4, -0.2) is 16.5 Å². The summed E-state index contributed by atoms with van der Waals surface area (Å²) < 4.78 is 39.2. The van der Waals surface area contributed by atoms with Crippen molar-refractivity contribution in [1.29, 1.82) is 5.26 Å². The quantitative estimate of drug-likeness (QED) is 0.847. The number of aromatic nitrogens is 1. The third-order valence-electron chi connectivity index (χ3n) is 1.72. The van der Waals surface area contributed by atoms with E-state index in [4.69, 9.17) is 5.26 Å². The highest BCUT2D eigenvalue weighted by Crippen LogP contribution is 2.30. The highest BCUT2D eigenvalue weighted by atomic mass is 19.4. The minimum Gasteiger partial charge on any atom is -0.503 e. The number of pyridine rings is 1. The summed E-state index contributed by atoms with van der Waals surface area (Å²) in [6.07, 6.45) is -5.08. The molecule has 0 bridgehead atoms. The lowest BCUT2D eigenvalue weighted by atomic mass is 10.2. The molecule has 1 heterocycles. The number of ether oxygens (including phenoxy) is 1. The molecule has 86 valence electrons. The summed E-state index contributed by atoms with van der Waals surface area (Å²) in [5.41, 5.74) is 0.563. The molecule has 0 saturated carbocycles. The van der Waals surface area contributed by atoms with Crippen molar-refractivity contribution in [2.45, 2.75) is 19.7 Å². The van der Waals surface area contributed by atoms with E-state index in [-0.39, 0.29) is 12.1 Å². The van der Waals surface area contributed by atoms with Crippen LogP contribution in [0.5, 0.6) is 11.6 Å². The molecule has 7 heteroatoms. The summed E-state index contributed by atoms with van der Waals surface area (Å²) >= 11 is 0. The van der Waals surface area contributed by atoms with Gasteiger partial charge in [0.25, 0.3) is 5.88 Å². The van der Waals surface area contributed by atoms with Crippen molar-refractivity contribution in [3.63, 3.8) is 0 Å². The van der Waals surface area contributed by atoms with Gasteiger partial charge in [-0.2, -0.15) is 5.26 Å². The van der Waals surface area contributed by atoms with Crippen molar-refractivity contribution >= 4 is 0 Å². The van der Waals surface area contributed by atoms with Crippen LogP contribution in [0.2, 0.25) is 0 Å². The third-order valence-corrected chi connectivity index (χ3v) is 1.72. The van der Waals surface area contributed by atoms with Gasteiger partial charge < -0.3 is 9.84 Å². The Morgan fingerprint density at radius 3 is 2.69 bits per heavy atom. The fraction of sp³-hybridized carbons (Fsp3) is 0.333. The van der Waals surface area contributed by atoms with Crippen LogP contribution in [0, 0.1) is 18.3 Å². The Kier molecular flexibility index (Phi) is 3.22. The Morgan fingerprint density at radius 2 is 2.19 bits per heavy atom. The lowest BCUT2D eigenvalue weighted by Gasteiger charge is -2.11. The predicted molar refractivity (Wildman–Crippen MR) is 46.6 cm³/mol. The van der Waals surface area contributed by atoms with Crippen LogP contribution in [0.25, 0.3) is 0 Å². The fourth-order valence-corrected chi connectivity index (χ4v) is 1.06. The molecule has 0 aliphatic rings. The van der Waals surface area contributed by atoms with E-state index in [9.17, 15) is 18.3 Å². The number of rotatable bonds is 2. The molecular weight excluding hydrogens is 225 g/mol. The second kappa shape index (κ2) is 4.26. The lowest BCUT2D eigenvalue weighted by molar-refractivity contribution is -0.276. The fourth-order valence-electron chi connectivity index (χ4n) is 1.06. The highest BCUT2D eigenvalue weighted by Gasteiger charge is 2.33. The second-order valence-electron chi connectivity index (χ2n) is 2.96. The first kappa shape index (κ1) is 12.1. The van der Waals surface area contributed by atoms with Crippen LogP contribution in [-0.2, 0) is 6.42 Å². The molecular formula is C9H7F3N2O2. The van der Waals surface area contributed by atoms with Crippen LogP contribution in [0.15, 0.2) is 6.07 Å². The van der Waals surface area contributed by atoms with Crippen LogP contribution < -0.4 is 4.74 Å². The molecule has 1 aromatic heterocycles. The summed E-state index contributed by atoms with van der Waals surface area (Å²) in [5, 5.41) is 17.6. The Hall–Kier alpha value is -1.97. The van der Waals surface area contributed by atoms with Gasteiger partial charge >= 0.3 is 6.36 Å². The summed E-state index contributed by atoms with van der Waals surface area (Å²) in [6, 6.07) is 2.82. The van der Waals surface area contributed by atoms with Gasteiger partial charge in [0, 0.05) is 0 Å². The molecule has 4 nitrogen and oxygen atoms in total. The number of aromatic hydroxyl groups is 1. The van der Waals surface area contributed by atoms with E-state index in [0.29, 0.717) is 5.56 Å². The second-order valence-corrected chi connectivity index (χ2v) is 2.96. The van der Waals surface area contributed by atoms with Gasteiger partial charge in [-0.15, -0.1) is 13.2 Å². The lowest BCUT2D eigenvalue weighted by Crippen LogP contribution is -2.18. The topological polar surface area (TPSA) is 66.1 Å². The molecule has 0 fully saturated rings. The Bertz CT molecular complexity index is 438. The van der Waals surface area contributed by atoms with Crippen LogP contribution >= 0.6 is 0 Å². The van der Waals surface area contributed by atoms with Gasteiger partial charge in [0.15, 0.2) is 5.75 Å². The number of aryl methyl sites for hydroxylation is 1. The van der Waals surface area contributed by atoms with Crippen molar-refractivity contribution < 1.29 is 23.0 Å². The molecule has 0 spiro atoms. The number of nitrogens with zero attached hydrogens (tertiary/aromatic N) is 2. The van der Waals surface area contributed by atoms with Gasteiger partial charge in [-0.05, 0) is 18.6 Å². The summed E-state index contributed by atoms with van der Waals surface area (Å²) in [7, 11) is 0. The van der Waals surface area contributed by atoms with E-state index in [0.717, 1.165) is 6.07 Å². The van der Waals surface area contributed by atoms with Gasteiger partial charge in [-0.3, -0.25) is 0 Å². The first-order valence-electron chi connectivity index (χ1n) is 4.15. The van der Waals surface area contributed by atoms with Gasteiger partial charge in [0.1, 0.15) is 0 Å². The van der Waals surface area contributed by atoms with Crippen LogP contribution in [0.1, 0.15) is 11.3 Å². The van der Waals surface area contributed by atoms with Gasteiger partial charge in [0.05, 0.1) is 18.2 Å². The average Bonchev–Trinajstić information content (AvgIpc) is 2.11. The van der Waals surface area contributed by atoms with Crippen molar-refractivity contribution in [1.82, 2.24) is 4.98 Å². The molecule has 16 heavy (non-hydrogen) atoms. The number of halogens is 3. The normalized spacial score (nSPS) is 10.9. The molecule has 1 rings (SSSR count). The van der Waals surface area contributed by atoms with Crippen LogP contribution in [0.3, 0.4) is 0 Å².